The fourth-order valence-electron chi connectivity index (χ4n) is 3.09. The molecule has 4 rings (SSSR count). The summed E-state index contributed by atoms with van der Waals surface area (Å²) in [7, 11) is 0. The summed E-state index contributed by atoms with van der Waals surface area (Å²) in [6.07, 6.45) is 1.65. The minimum absolute atomic E-state index is 0.0146. The van der Waals surface area contributed by atoms with Crippen molar-refractivity contribution < 1.29 is 4.79 Å². The van der Waals surface area contributed by atoms with Gasteiger partial charge in [0.1, 0.15) is 11.6 Å². The van der Waals surface area contributed by atoms with Crippen molar-refractivity contribution in [1.29, 1.82) is 0 Å². The highest BCUT2D eigenvalue weighted by molar-refractivity contribution is 8.00. The van der Waals surface area contributed by atoms with Crippen molar-refractivity contribution in [2.45, 2.75) is 24.0 Å². The maximum absolute atomic E-state index is 13.5. The highest BCUT2D eigenvalue weighted by atomic mass is 32.2. The minimum atomic E-state index is -0.340. The van der Waals surface area contributed by atoms with Gasteiger partial charge in [0, 0.05) is 4.90 Å². The van der Waals surface area contributed by atoms with Gasteiger partial charge in [0.2, 0.25) is 5.91 Å². The number of aromatic nitrogens is 2. The average Bonchev–Trinajstić information content (AvgIpc) is 3.10. The van der Waals surface area contributed by atoms with E-state index in [0.29, 0.717) is 0 Å². The number of fused-ring (bicyclic) bond motifs is 1. The van der Waals surface area contributed by atoms with Crippen LogP contribution in [0.25, 0.3) is 11.0 Å². The molecule has 4 aromatic rings. The molecule has 134 valence electrons. The van der Waals surface area contributed by atoms with Gasteiger partial charge >= 0.3 is 0 Å². The molecule has 0 fully saturated rings. The number of imidazole rings is 1. The molecule has 4 heteroatoms. The van der Waals surface area contributed by atoms with Crippen molar-refractivity contribution in [2.24, 2.45) is 0 Å². The lowest BCUT2D eigenvalue weighted by Crippen LogP contribution is -2.17. The van der Waals surface area contributed by atoms with E-state index in [9.17, 15) is 4.79 Å². The molecule has 3 nitrogen and oxygen atoms in total. The first-order chi connectivity index (χ1) is 13.1. The molecule has 0 amide bonds. The lowest BCUT2D eigenvalue weighted by Gasteiger charge is -2.17. The Bertz CT molecular complexity index is 1090. The Hall–Kier alpha value is -2.85. The van der Waals surface area contributed by atoms with Gasteiger partial charge in [-0.3, -0.25) is 9.36 Å². The molecule has 0 spiro atoms. The summed E-state index contributed by atoms with van der Waals surface area (Å²) in [5, 5.41) is -0.340. The van der Waals surface area contributed by atoms with Gasteiger partial charge < -0.3 is 0 Å². The first kappa shape index (κ1) is 17.6. The van der Waals surface area contributed by atoms with E-state index in [2.05, 4.69) is 18.8 Å². The maximum Gasteiger partial charge on any atom is 0.250 e. The largest absolute Gasteiger partial charge is 0.272 e. The summed E-state index contributed by atoms with van der Waals surface area (Å²) < 4.78 is 1.69. The van der Waals surface area contributed by atoms with E-state index in [1.807, 2.05) is 72.8 Å². The monoisotopic (exact) mass is 372 g/mol. The number of aryl methyl sites for hydroxylation is 2. The Morgan fingerprint density at radius 3 is 2.26 bits per heavy atom. The van der Waals surface area contributed by atoms with Gasteiger partial charge in [0.25, 0.3) is 0 Å². The summed E-state index contributed by atoms with van der Waals surface area (Å²) in [4.78, 5) is 19.0. The first-order valence-corrected chi connectivity index (χ1v) is 9.76. The van der Waals surface area contributed by atoms with Crippen LogP contribution in [0.3, 0.4) is 0 Å². The van der Waals surface area contributed by atoms with Crippen molar-refractivity contribution >= 4 is 28.7 Å². The molecule has 0 N–H and O–H groups in total. The van der Waals surface area contributed by atoms with Crippen LogP contribution < -0.4 is 0 Å². The molecule has 0 aliphatic heterocycles. The van der Waals surface area contributed by atoms with Crippen LogP contribution in [0.5, 0.6) is 0 Å². The van der Waals surface area contributed by atoms with E-state index in [1.165, 1.54) is 5.56 Å². The van der Waals surface area contributed by atoms with Gasteiger partial charge in [-0.15, -0.1) is 11.8 Å². The lowest BCUT2D eigenvalue weighted by atomic mass is 10.1. The van der Waals surface area contributed by atoms with E-state index in [-0.39, 0.29) is 11.2 Å². The topological polar surface area (TPSA) is 34.9 Å². The zero-order chi connectivity index (χ0) is 18.8. The second kappa shape index (κ2) is 7.41. The molecule has 0 aliphatic rings. The van der Waals surface area contributed by atoms with E-state index in [4.69, 9.17) is 0 Å². The van der Waals surface area contributed by atoms with Gasteiger partial charge in [0.15, 0.2) is 0 Å². The van der Waals surface area contributed by atoms with Gasteiger partial charge in [-0.05, 0) is 54.8 Å². The van der Waals surface area contributed by atoms with Gasteiger partial charge in [-0.1, -0.05) is 48.5 Å². The SMILES string of the molecule is Cc1cc2ncn(C(=O)[C@H](Sc3ccccc3)c3ccccc3)c2cc1C. The number of thioether (sulfide) groups is 1. The van der Waals surface area contributed by atoms with Crippen LogP contribution in [0, 0.1) is 13.8 Å². The number of nitrogens with zero attached hydrogens (tertiary/aromatic N) is 2. The van der Waals surface area contributed by atoms with E-state index < -0.39 is 0 Å². The highest BCUT2D eigenvalue weighted by Crippen LogP contribution is 2.37. The minimum Gasteiger partial charge on any atom is -0.272 e. The fourth-order valence-corrected chi connectivity index (χ4v) is 4.18. The van der Waals surface area contributed by atoms with E-state index in [0.717, 1.165) is 27.1 Å². The normalized spacial score (nSPS) is 12.2. The average molecular weight is 372 g/mol. The number of carbonyl (C=O) groups is 1. The smallest absolute Gasteiger partial charge is 0.250 e. The predicted molar refractivity (Wildman–Crippen MR) is 111 cm³/mol. The third-order valence-corrected chi connectivity index (χ3v) is 5.98. The summed E-state index contributed by atoms with van der Waals surface area (Å²) in [6, 6.07) is 24.1. The third kappa shape index (κ3) is 3.53. The van der Waals surface area contributed by atoms with Gasteiger partial charge in [-0.2, -0.15) is 0 Å². The molecule has 0 saturated carbocycles. The Labute approximate surface area is 163 Å². The molecule has 0 saturated heterocycles. The quantitative estimate of drug-likeness (QED) is 0.423. The van der Waals surface area contributed by atoms with Crippen molar-refractivity contribution in [3.8, 4) is 0 Å². The molecule has 3 aromatic carbocycles. The second-order valence-electron chi connectivity index (χ2n) is 6.60. The van der Waals surface area contributed by atoms with Crippen LogP contribution in [-0.4, -0.2) is 15.5 Å². The molecule has 1 atom stereocenters. The highest BCUT2D eigenvalue weighted by Gasteiger charge is 2.25. The first-order valence-electron chi connectivity index (χ1n) is 8.88. The summed E-state index contributed by atoms with van der Waals surface area (Å²) >= 11 is 1.57. The maximum atomic E-state index is 13.5. The van der Waals surface area contributed by atoms with Crippen LogP contribution in [0.15, 0.2) is 84.0 Å². The zero-order valence-electron chi connectivity index (χ0n) is 15.3. The molecule has 0 bridgehead atoms. The number of hydrogen-bond donors (Lipinski definition) is 0. The molecule has 1 aromatic heterocycles. The summed E-state index contributed by atoms with van der Waals surface area (Å²) in [5.74, 6) is 0.0146. The van der Waals surface area contributed by atoms with E-state index >= 15 is 0 Å². The van der Waals surface area contributed by atoms with Crippen LogP contribution in [0.2, 0.25) is 0 Å². The standard InChI is InChI=1S/C23H20N2OS/c1-16-13-20-21(14-17(16)2)25(15-24-20)23(26)22(18-9-5-3-6-10-18)27-19-11-7-4-8-12-19/h3-15,22H,1-2H3/t22-/m1/s1. The molecule has 0 radical (unpaired) electrons. The van der Waals surface area contributed by atoms with Crippen molar-refractivity contribution in [1.82, 2.24) is 9.55 Å². The zero-order valence-corrected chi connectivity index (χ0v) is 16.1. The van der Waals surface area contributed by atoms with Crippen LogP contribution in [0.4, 0.5) is 0 Å². The van der Waals surface area contributed by atoms with Crippen molar-refractivity contribution in [3.05, 3.63) is 95.8 Å². The van der Waals surface area contributed by atoms with Gasteiger partial charge in [-0.25, -0.2) is 4.98 Å². The van der Waals surface area contributed by atoms with Crippen molar-refractivity contribution in [3.63, 3.8) is 0 Å². The predicted octanol–water partition coefficient (Wildman–Crippen LogP) is 5.83. The lowest BCUT2D eigenvalue weighted by molar-refractivity contribution is 0.0915. The second-order valence-corrected chi connectivity index (χ2v) is 7.78. The number of hydrogen-bond acceptors (Lipinski definition) is 3. The number of carbonyl (C=O) groups excluding carboxylic acids is 1. The van der Waals surface area contributed by atoms with Gasteiger partial charge in [0.05, 0.1) is 11.0 Å². The van der Waals surface area contributed by atoms with E-state index in [1.54, 1.807) is 22.7 Å². The van der Waals surface area contributed by atoms with Crippen LogP contribution >= 0.6 is 11.8 Å². The summed E-state index contributed by atoms with van der Waals surface area (Å²) in [6.45, 7) is 4.12. The Morgan fingerprint density at radius 2 is 1.56 bits per heavy atom. The fraction of sp³-hybridized carbons (Fsp3) is 0.130. The molecule has 0 aliphatic carbocycles. The molecular weight excluding hydrogens is 352 g/mol. The molecular formula is C23H20N2OS. The summed E-state index contributed by atoms with van der Waals surface area (Å²) in [5.41, 5.74) is 5.03. The van der Waals surface area contributed by atoms with Crippen molar-refractivity contribution in [2.75, 3.05) is 0 Å². The number of rotatable bonds is 4. The molecule has 1 heterocycles. The van der Waals surface area contributed by atoms with Crippen LogP contribution in [-0.2, 0) is 0 Å². The molecule has 0 unspecified atom stereocenters. The Kier molecular flexibility index (Phi) is 4.82. The van der Waals surface area contributed by atoms with Crippen LogP contribution in [0.1, 0.15) is 26.7 Å². The number of benzene rings is 3. The Balaban J connectivity index is 1.78. The third-order valence-electron chi connectivity index (χ3n) is 4.72. The Morgan fingerprint density at radius 1 is 0.926 bits per heavy atom. The molecule has 27 heavy (non-hydrogen) atoms.